The molecule has 0 amide bonds. The molecule has 0 N–H and O–H groups in total. The van der Waals surface area contributed by atoms with Crippen LogP contribution >= 0.6 is 0 Å². The topological polar surface area (TPSA) is 76.0 Å². The van der Waals surface area contributed by atoms with E-state index in [0.717, 1.165) is 16.7 Å². The zero-order chi connectivity index (χ0) is 30.2. The molecule has 0 aliphatic carbocycles. The summed E-state index contributed by atoms with van der Waals surface area (Å²) in [6.45, 7) is 1.29. The van der Waals surface area contributed by atoms with Crippen molar-refractivity contribution in [3.63, 3.8) is 0 Å². The maximum absolute atomic E-state index is 13.8. The van der Waals surface area contributed by atoms with Crippen LogP contribution in [-0.4, -0.2) is 37.3 Å². The largest absolute Gasteiger partial charge is 0.374 e. The number of hydrogen-bond donors (Lipinski definition) is 0. The van der Waals surface area contributed by atoms with E-state index in [4.69, 9.17) is 18.9 Å². The Morgan fingerprint density at radius 2 is 1.09 bits per heavy atom. The molecule has 0 saturated carbocycles. The first-order chi connectivity index (χ1) is 21.6. The summed E-state index contributed by atoms with van der Waals surface area (Å²) < 4.78 is 54.8. The monoisotopic (exact) mass is 609 g/mol. The van der Waals surface area contributed by atoms with Gasteiger partial charge in [-0.2, -0.15) is 0 Å². The SMILES string of the molecule is O=S(=O)(c1ccccc1)n1cccc1[C@H]1O[C@H](COCc2ccccc2)[C@@H](OCc2ccccc2)[C@H]1OCc1ccccc1. The summed E-state index contributed by atoms with van der Waals surface area (Å²) in [6, 6.07) is 41.6. The first kappa shape index (κ1) is 30.0. The summed E-state index contributed by atoms with van der Waals surface area (Å²) >= 11 is 0. The van der Waals surface area contributed by atoms with Crippen molar-refractivity contribution < 1.29 is 27.4 Å². The number of nitrogens with zero attached hydrogens (tertiary/aromatic N) is 1. The minimum Gasteiger partial charge on any atom is -0.374 e. The lowest BCUT2D eigenvalue weighted by molar-refractivity contribution is -0.0898. The Kier molecular flexibility index (Phi) is 9.65. The van der Waals surface area contributed by atoms with Crippen molar-refractivity contribution >= 4 is 10.0 Å². The predicted octanol–water partition coefficient (Wildman–Crippen LogP) is 6.55. The molecule has 7 nitrogen and oxygen atoms in total. The number of aromatic nitrogens is 1. The Hall–Kier alpha value is -4.05. The molecule has 226 valence electrons. The fourth-order valence-electron chi connectivity index (χ4n) is 5.41. The van der Waals surface area contributed by atoms with Crippen LogP contribution in [0, 0.1) is 0 Å². The quantitative estimate of drug-likeness (QED) is 0.151. The van der Waals surface area contributed by atoms with Crippen molar-refractivity contribution in [1.29, 1.82) is 0 Å². The molecule has 2 heterocycles. The predicted molar refractivity (Wildman–Crippen MR) is 167 cm³/mol. The Balaban J connectivity index is 1.32. The normalized spacial score (nSPS) is 20.1. The molecule has 4 atom stereocenters. The third kappa shape index (κ3) is 7.01. The van der Waals surface area contributed by atoms with Crippen molar-refractivity contribution in [3.05, 3.63) is 162 Å². The fourth-order valence-corrected chi connectivity index (χ4v) is 6.81. The molecule has 0 unspecified atom stereocenters. The summed E-state index contributed by atoms with van der Waals surface area (Å²) in [5.74, 6) is 0. The van der Waals surface area contributed by atoms with Gasteiger partial charge in [-0.15, -0.1) is 0 Å². The van der Waals surface area contributed by atoms with Crippen LogP contribution in [0.3, 0.4) is 0 Å². The zero-order valence-corrected chi connectivity index (χ0v) is 25.0. The molecular formula is C36H35NO6S. The lowest BCUT2D eigenvalue weighted by Gasteiger charge is -2.26. The molecule has 1 aromatic heterocycles. The highest BCUT2D eigenvalue weighted by atomic mass is 32.2. The Morgan fingerprint density at radius 1 is 0.591 bits per heavy atom. The van der Waals surface area contributed by atoms with Gasteiger partial charge in [-0.1, -0.05) is 109 Å². The van der Waals surface area contributed by atoms with Gasteiger partial charge in [0.25, 0.3) is 10.0 Å². The van der Waals surface area contributed by atoms with Gasteiger partial charge in [-0.25, -0.2) is 12.4 Å². The Morgan fingerprint density at radius 3 is 1.66 bits per heavy atom. The van der Waals surface area contributed by atoms with Crippen LogP contribution in [-0.2, 0) is 48.8 Å². The van der Waals surface area contributed by atoms with Crippen molar-refractivity contribution in [1.82, 2.24) is 3.97 Å². The molecule has 6 rings (SSSR count). The lowest BCUT2D eigenvalue weighted by Crippen LogP contribution is -2.38. The molecule has 1 aliphatic heterocycles. The van der Waals surface area contributed by atoms with Crippen molar-refractivity contribution in [2.45, 2.75) is 49.1 Å². The summed E-state index contributed by atoms with van der Waals surface area (Å²) in [5.41, 5.74) is 3.51. The lowest BCUT2D eigenvalue weighted by atomic mass is 10.0. The second kappa shape index (κ2) is 14.2. The molecule has 44 heavy (non-hydrogen) atoms. The van der Waals surface area contributed by atoms with Gasteiger partial charge in [0, 0.05) is 6.20 Å². The van der Waals surface area contributed by atoms with E-state index in [-0.39, 0.29) is 11.5 Å². The minimum atomic E-state index is -3.89. The third-order valence-corrected chi connectivity index (χ3v) is 9.33. The number of rotatable bonds is 13. The van der Waals surface area contributed by atoms with Crippen LogP contribution in [0.4, 0.5) is 0 Å². The second-order valence-corrected chi connectivity index (χ2v) is 12.5. The molecule has 0 spiro atoms. The smallest absolute Gasteiger partial charge is 0.267 e. The molecule has 1 aliphatic rings. The summed E-state index contributed by atoms with van der Waals surface area (Å²) in [6.07, 6.45) is -0.866. The molecule has 1 saturated heterocycles. The summed E-state index contributed by atoms with van der Waals surface area (Å²) in [4.78, 5) is 0.192. The van der Waals surface area contributed by atoms with Gasteiger partial charge in [0.15, 0.2) is 0 Å². The minimum absolute atomic E-state index is 0.192. The molecule has 5 aromatic rings. The zero-order valence-electron chi connectivity index (χ0n) is 24.2. The third-order valence-electron chi connectivity index (χ3n) is 7.61. The standard InChI is InChI=1S/C36H35NO6S/c38-44(39,31-20-11-4-12-21-31)37-23-13-22-32(37)34-36(42-26-30-18-9-3-10-19-30)35(41-25-29-16-7-2-8-17-29)33(43-34)27-40-24-28-14-5-1-6-15-28/h1-23,33-36H,24-27H2/t33-,34-,35-,36+/m1/s1. The molecule has 0 radical (unpaired) electrons. The van der Waals surface area contributed by atoms with E-state index < -0.39 is 34.4 Å². The Bertz CT molecular complexity index is 1700. The molecule has 1 fully saturated rings. The number of ether oxygens (including phenoxy) is 4. The van der Waals surface area contributed by atoms with E-state index in [1.54, 1.807) is 48.7 Å². The summed E-state index contributed by atoms with van der Waals surface area (Å²) in [5, 5.41) is 0. The van der Waals surface area contributed by atoms with Gasteiger partial charge in [-0.3, -0.25) is 0 Å². The van der Waals surface area contributed by atoms with Crippen molar-refractivity contribution in [2.75, 3.05) is 6.61 Å². The van der Waals surface area contributed by atoms with Gasteiger partial charge in [0.2, 0.25) is 0 Å². The van der Waals surface area contributed by atoms with Crippen LogP contribution in [0.5, 0.6) is 0 Å². The van der Waals surface area contributed by atoms with Crippen LogP contribution in [0.25, 0.3) is 0 Å². The molecular weight excluding hydrogens is 574 g/mol. The fraction of sp³-hybridized carbons (Fsp3) is 0.222. The Labute approximate surface area is 258 Å². The first-order valence-corrected chi connectivity index (χ1v) is 16.1. The van der Waals surface area contributed by atoms with E-state index in [0.29, 0.717) is 25.5 Å². The summed E-state index contributed by atoms with van der Waals surface area (Å²) in [7, 11) is -3.89. The van der Waals surface area contributed by atoms with Gasteiger partial charge in [-0.05, 0) is 41.0 Å². The highest BCUT2D eigenvalue weighted by Gasteiger charge is 2.48. The number of benzene rings is 4. The van der Waals surface area contributed by atoms with Gasteiger partial charge >= 0.3 is 0 Å². The average molecular weight is 610 g/mol. The van der Waals surface area contributed by atoms with Crippen molar-refractivity contribution in [2.24, 2.45) is 0 Å². The highest BCUT2D eigenvalue weighted by Crippen LogP contribution is 2.39. The maximum Gasteiger partial charge on any atom is 0.267 e. The molecule has 4 aromatic carbocycles. The van der Waals surface area contributed by atoms with Crippen LogP contribution in [0.1, 0.15) is 28.5 Å². The average Bonchev–Trinajstić information content (AvgIpc) is 3.70. The van der Waals surface area contributed by atoms with E-state index >= 15 is 0 Å². The van der Waals surface area contributed by atoms with E-state index in [1.165, 1.54) is 3.97 Å². The van der Waals surface area contributed by atoms with Crippen LogP contribution < -0.4 is 0 Å². The van der Waals surface area contributed by atoms with Gasteiger partial charge < -0.3 is 18.9 Å². The first-order valence-electron chi connectivity index (χ1n) is 14.7. The molecule has 0 bridgehead atoms. The maximum atomic E-state index is 13.8. The van der Waals surface area contributed by atoms with E-state index in [1.807, 2.05) is 91.0 Å². The highest BCUT2D eigenvalue weighted by molar-refractivity contribution is 7.90. The van der Waals surface area contributed by atoms with Crippen LogP contribution in [0.15, 0.2) is 145 Å². The van der Waals surface area contributed by atoms with E-state index in [9.17, 15) is 8.42 Å². The van der Waals surface area contributed by atoms with Crippen molar-refractivity contribution in [3.8, 4) is 0 Å². The van der Waals surface area contributed by atoms with Gasteiger partial charge in [0.05, 0.1) is 37.0 Å². The second-order valence-electron chi connectivity index (χ2n) is 10.7. The molecule has 8 heteroatoms. The van der Waals surface area contributed by atoms with E-state index in [2.05, 4.69) is 0 Å². The van der Waals surface area contributed by atoms with Crippen LogP contribution in [0.2, 0.25) is 0 Å². The van der Waals surface area contributed by atoms with Gasteiger partial charge in [0.1, 0.15) is 24.4 Å². The number of hydrogen-bond acceptors (Lipinski definition) is 6.